The summed E-state index contributed by atoms with van der Waals surface area (Å²) in [6.45, 7) is 0. The van der Waals surface area contributed by atoms with Gasteiger partial charge in [-0.1, -0.05) is 0 Å². The molecule has 0 aromatic carbocycles. The van der Waals surface area contributed by atoms with E-state index < -0.39 is 30.8 Å². The topological polar surface area (TPSA) is 114 Å². The molecule has 0 bridgehead atoms. The zero-order valence-corrected chi connectivity index (χ0v) is 9.05. The molecule has 0 saturated heterocycles. The van der Waals surface area contributed by atoms with E-state index in [0.717, 1.165) is 0 Å². The van der Waals surface area contributed by atoms with Crippen molar-refractivity contribution in [2.75, 3.05) is 0 Å². The maximum absolute atomic E-state index is 8.56. The van der Waals surface area contributed by atoms with Crippen molar-refractivity contribution in [3.63, 3.8) is 0 Å². The fourth-order valence-corrected chi connectivity index (χ4v) is 0. The van der Waals surface area contributed by atoms with Crippen LogP contribution in [0.15, 0.2) is 0 Å². The van der Waals surface area contributed by atoms with E-state index in [1.165, 1.54) is 0 Å². The van der Waals surface area contributed by atoms with Crippen molar-refractivity contribution in [1.82, 2.24) is 0 Å². The Hall–Kier alpha value is 2.31. The summed E-state index contributed by atoms with van der Waals surface area (Å²) in [6.07, 6.45) is 0. The number of hydrogen-bond acceptors (Lipinski definition) is 6. The molecule has 0 atom stereocenters. The van der Waals surface area contributed by atoms with Gasteiger partial charge in [0.15, 0.2) is 0 Å². The van der Waals surface area contributed by atoms with Gasteiger partial charge >= 0.3 is 114 Å². The monoisotopic (exact) mass is 264 g/mol. The number of hydrogen-bond donors (Lipinski definition) is 0. The van der Waals surface area contributed by atoms with Gasteiger partial charge in [-0.2, -0.15) is 0 Å². The summed E-state index contributed by atoms with van der Waals surface area (Å²) in [7, 11) is 0. The van der Waals surface area contributed by atoms with E-state index in [2.05, 4.69) is 0 Å². The van der Waals surface area contributed by atoms with Crippen molar-refractivity contribution in [3.8, 4) is 0 Å². The van der Waals surface area contributed by atoms with Crippen LogP contribution in [0.25, 0.3) is 0 Å². The molecule has 0 rings (SSSR count). The minimum absolute atomic E-state index is 0. The molecule has 0 N–H and O–H groups in total. The third-order valence-corrected chi connectivity index (χ3v) is 0. The van der Waals surface area contributed by atoms with E-state index in [4.69, 9.17) is 22.8 Å². The van der Waals surface area contributed by atoms with Crippen LogP contribution in [0.3, 0.4) is 0 Å². The van der Waals surface area contributed by atoms with E-state index >= 15 is 0 Å². The van der Waals surface area contributed by atoms with Crippen LogP contribution in [0.2, 0.25) is 0 Å². The van der Waals surface area contributed by atoms with Gasteiger partial charge in [-0.15, -0.1) is 0 Å². The molecule has 10 heavy (non-hydrogen) atoms. The molecule has 0 fully saturated rings. The first-order valence-corrected chi connectivity index (χ1v) is 4.52. The number of rotatable bonds is 0. The first-order chi connectivity index (χ1) is 3.46. The van der Waals surface area contributed by atoms with Crippen molar-refractivity contribution in [2.45, 2.75) is 0 Å². The Balaban J connectivity index is -0.0000000300. The van der Waals surface area contributed by atoms with E-state index in [-0.39, 0.29) is 60.8 Å². The van der Waals surface area contributed by atoms with Gasteiger partial charge in [0, 0.05) is 0 Å². The molecule has 0 unspecified atom stereocenters. The Morgan fingerprint density at radius 3 is 0.800 bits per heavy atom. The van der Waals surface area contributed by atoms with E-state index in [1.807, 2.05) is 0 Å². The fraction of sp³-hybridized carbons (Fsp3) is 0. The summed E-state index contributed by atoms with van der Waals surface area (Å²) in [5.41, 5.74) is 0. The Morgan fingerprint density at radius 1 is 0.800 bits per heavy atom. The van der Waals surface area contributed by atoms with Crippen molar-refractivity contribution < 1.29 is 53.6 Å². The van der Waals surface area contributed by atoms with Gasteiger partial charge in [-0.05, 0) is 0 Å². The standard InChI is InChI=1S/Ca.Mg.6O.2V.2H/q+2;;;;;;2*-1;;;;. The van der Waals surface area contributed by atoms with Crippen LogP contribution in [-0.2, 0) is 45.5 Å². The first kappa shape index (κ1) is 22.8. The summed E-state index contributed by atoms with van der Waals surface area (Å²) in [5, 5.41) is 0. The molecule has 0 heterocycles. The second kappa shape index (κ2) is 17.4. The fourth-order valence-electron chi connectivity index (χ4n) is 0. The average molecular weight is 264 g/mol. The zero-order chi connectivity index (χ0) is 7.15. The summed E-state index contributed by atoms with van der Waals surface area (Å²) in [5.74, 6) is 0. The molecule has 0 aromatic rings. The average Bonchev–Trinajstić information content (AvgIpc) is 1.25. The molecule has 52 valence electrons. The third-order valence-electron chi connectivity index (χ3n) is 0. The molecule has 6 nitrogen and oxygen atoms in total. The van der Waals surface area contributed by atoms with Gasteiger partial charge in [0.25, 0.3) is 0 Å². The van der Waals surface area contributed by atoms with Crippen LogP contribution in [0, 0.1) is 0 Å². The molecule has 0 amide bonds. The molecule has 0 spiro atoms. The summed E-state index contributed by atoms with van der Waals surface area (Å²) in [6, 6.07) is 0. The molecular formula is H2CaMgO6V2. The van der Waals surface area contributed by atoms with Crippen molar-refractivity contribution in [3.05, 3.63) is 0 Å². The third kappa shape index (κ3) is 167. The molecule has 0 aliphatic carbocycles. The Labute approximate surface area is 112 Å². The van der Waals surface area contributed by atoms with Gasteiger partial charge in [-0.3, -0.25) is 0 Å². The van der Waals surface area contributed by atoms with Crippen LogP contribution in [0.4, 0.5) is 0 Å². The second-order valence-corrected chi connectivity index (χ2v) is 1.84. The van der Waals surface area contributed by atoms with Gasteiger partial charge in [0.2, 0.25) is 0 Å². The van der Waals surface area contributed by atoms with Crippen molar-refractivity contribution in [2.24, 2.45) is 0 Å². The molecule has 10 heteroatoms. The maximum atomic E-state index is 8.56. The molecule has 0 aromatic heterocycles. The quantitative estimate of drug-likeness (QED) is 0.410. The van der Waals surface area contributed by atoms with E-state index in [0.29, 0.717) is 0 Å². The van der Waals surface area contributed by atoms with Crippen LogP contribution in [0.5, 0.6) is 0 Å². The zero-order valence-electron chi connectivity index (χ0n) is 4.05. The molecule has 0 radical (unpaired) electrons. The van der Waals surface area contributed by atoms with Crippen molar-refractivity contribution >= 4 is 60.8 Å². The van der Waals surface area contributed by atoms with Gasteiger partial charge in [0.05, 0.1) is 0 Å². The Morgan fingerprint density at radius 2 is 0.800 bits per heavy atom. The SMILES string of the molecule is [Ca+2].[MgH2].[O]=[V](=[O])[O-].[O]=[V](=[O])[O-]. The van der Waals surface area contributed by atoms with Crippen LogP contribution in [-0.4, -0.2) is 60.8 Å². The predicted octanol–water partition coefficient (Wildman–Crippen LogP) is -4.16. The van der Waals surface area contributed by atoms with Crippen LogP contribution >= 0.6 is 0 Å². The summed E-state index contributed by atoms with van der Waals surface area (Å²) < 4.78 is 51.4. The van der Waals surface area contributed by atoms with Gasteiger partial charge < -0.3 is 0 Å². The molecular weight excluding hydrogens is 262 g/mol. The second-order valence-electron chi connectivity index (χ2n) is 0.447. The summed E-state index contributed by atoms with van der Waals surface area (Å²) in [4.78, 5) is 0. The minimum atomic E-state index is -3.94. The predicted molar refractivity (Wildman–Crippen MR) is 17.0 cm³/mol. The summed E-state index contributed by atoms with van der Waals surface area (Å²) >= 11 is -7.88. The van der Waals surface area contributed by atoms with Crippen molar-refractivity contribution in [1.29, 1.82) is 0 Å². The van der Waals surface area contributed by atoms with Gasteiger partial charge in [0.1, 0.15) is 0 Å². The van der Waals surface area contributed by atoms with Crippen LogP contribution < -0.4 is 8.06 Å². The Kier molecular flexibility index (Phi) is 39.7. The van der Waals surface area contributed by atoms with Crippen LogP contribution in [0.1, 0.15) is 0 Å². The normalized spacial score (nSPS) is 5.00. The molecule has 0 aliphatic heterocycles. The molecule has 0 aliphatic rings. The Bertz CT molecular complexity index is 133. The first-order valence-electron chi connectivity index (χ1n) is 1.10. The molecule has 0 saturated carbocycles. The van der Waals surface area contributed by atoms with E-state index in [9.17, 15) is 0 Å². The van der Waals surface area contributed by atoms with Gasteiger partial charge in [-0.25, -0.2) is 0 Å². The van der Waals surface area contributed by atoms with E-state index in [1.54, 1.807) is 0 Å².